The number of rotatable bonds is 4. The lowest BCUT2D eigenvalue weighted by atomic mass is 9.50. The van der Waals surface area contributed by atoms with Crippen molar-refractivity contribution in [3.05, 3.63) is 35.1 Å². The molecule has 2 aromatic rings. The normalized spacial score (nSPS) is 36.2. The second-order valence-corrected chi connectivity index (χ2v) is 11.1. The molecule has 162 valence electrons. The van der Waals surface area contributed by atoms with E-state index in [2.05, 4.69) is 20.5 Å². The first-order valence-electron chi connectivity index (χ1n) is 11.3. The van der Waals surface area contributed by atoms with Gasteiger partial charge in [-0.15, -0.1) is 10.2 Å². The summed E-state index contributed by atoms with van der Waals surface area (Å²) in [5, 5.41) is 13.5. The Labute approximate surface area is 185 Å². The van der Waals surface area contributed by atoms with Gasteiger partial charge in [0.05, 0.1) is 12.0 Å². The van der Waals surface area contributed by atoms with Gasteiger partial charge in [0.15, 0.2) is 0 Å². The van der Waals surface area contributed by atoms with E-state index in [9.17, 15) is 9.59 Å². The van der Waals surface area contributed by atoms with Gasteiger partial charge in [-0.25, -0.2) is 0 Å². The molecular formula is C23H27N5O2S. The molecule has 1 N–H and O–H groups in total. The number of nitrogens with zero attached hydrogens (tertiary/aromatic N) is 4. The fraction of sp³-hybridized carbons (Fsp3) is 0.609. The van der Waals surface area contributed by atoms with Gasteiger partial charge in [-0.2, -0.15) is 0 Å². The lowest BCUT2D eigenvalue weighted by Crippen LogP contribution is -2.48. The van der Waals surface area contributed by atoms with Gasteiger partial charge in [-0.3, -0.25) is 14.6 Å². The van der Waals surface area contributed by atoms with Crippen LogP contribution in [0.15, 0.2) is 24.5 Å². The monoisotopic (exact) mass is 437 g/mol. The highest BCUT2D eigenvalue weighted by Gasteiger charge is 2.53. The molecular weight excluding hydrogens is 410 g/mol. The molecule has 2 amide bonds. The van der Waals surface area contributed by atoms with Crippen LogP contribution >= 0.6 is 11.3 Å². The van der Waals surface area contributed by atoms with Crippen LogP contribution in [0.1, 0.15) is 61.6 Å². The predicted molar refractivity (Wildman–Crippen MR) is 116 cm³/mol. The molecule has 1 aliphatic heterocycles. The maximum absolute atomic E-state index is 13.2. The van der Waals surface area contributed by atoms with Crippen LogP contribution in [0.4, 0.5) is 5.13 Å². The maximum atomic E-state index is 13.2. The average molecular weight is 438 g/mol. The van der Waals surface area contributed by atoms with Crippen molar-refractivity contribution in [3.8, 4) is 0 Å². The Morgan fingerprint density at radius 3 is 2.52 bits per heavy atom. The highest BCUT2D eigenvalue weighted by Crippen LogP contribution is 2.61. The molecule has 0 spiro atoms. The molecule has 4 saturated carbocycles. The van der Waals surface area contributed by atoms with Gasteiger partial charge >= 0.3 is 0 Å². The number of hydrogen-bond donors (Lipinski definition) is 1. The summed E-state index contributed by atoms with van der Waals surface area (Å²) < 4.78 is 0. The molecule has 5 fully saturated rings. The minimum atomic E-state index is -0.464. The van der Waals surface area contributed by atoms with E-state index in [0.717, 1.165) is 28.3 Å². The minimum Gasteiger partial charge on any atom is -0.338 e. The smallest absolute Gasteiger partial charge is 0.232 e. The number of pyridine rings is 1. The van der Waals surface area contributed by atoms with Crippen LogP contribution in [0.2, 0.25) is 0 Å². The van der Waals surface area contributed by atoms with Crippen molar-refractivity contribution in [2.24, 2.45) is 23.7 Å². The number of likely N-dealkylation sites (tertiary alicyclic amines) is 1. The van der Waals surface area contributed by atoms with Gasteiger partial charge in [0.2, 0.25) is 16.9 Å². The number of carbonyl (C=O) groups is 2. The van der Waals surface area contributed by atoms with Crippen molar-refractivity contribution in [2.75, 3.05) is 12.4 Å². The Kier molecular flexibility index (Phi) is 4.42. The van der Waals surface area contributed by atoms with E-state index < -0.39 is 5.92 Å². The van der Waals surface area contributed by atoms with Crippen LogP contribution in [-0.4, -0.2) is 38.9 Å². The molecule has 4 bridgehead atoms. The first kappa shape index (κ1) is 19.3. The summed E-state index contributed by atoms with van der Waals surface area (Å²) in [5.41, 5.74) is 1.06. The minimum absolute atomic E-state index is 0.0273. The number of nitrogens with one attached hydrogen (secondary N) is 1. The molecule has 0 radical (unpaired) electrons. The second-order valence-electron chi connectivity index (χ2n) is 10.1. The van der Waals surface area contributed by atoms with Crippen LogP contribution in [0.3, 0.4) is 0 Å². The molecule has 8 heteroatoms. The van der Waals surface area contributed by atoms with Gasteiger partial charge in [0.25, 0.3) is 0 Å². The van der Waals surface area contributed by atoms with E-state index >= 15 is 0 Å². The largest absolute Gasteiger partial charge is 0.338 e. The van der Waals surface area contributed by atoms with E-state index in [1.54, 1.807) is 35.7 Å². The SMILES string of the molecule is CN1C(=O)CC(C(=O)Nc2nnc(C34CC5CC(CC(C5)C3)C4)s2)C1c1cccnc1. The molecule has 7 nitrogen and oxygen atoms in total. The van der Waals surface area contributed by atoms with Crippen molar-refractivity contribution < 1.29 is 9.59 Å². The Balaban J connectivity index is 1.21. The Hall–Kier alpha value is -2.35. The topological polar surface area (TPSA) is 88.1 Å². The third-order valence-electron chi connectivity index (χ3n) is 8.10. The van der Waals surface area contributed by atoms with Gasteiger partial charge in [-0.1, -0.05) is 17.4 Å². The van der Waals surface area contributed by atoms with Gasteiger partial charge in [0.1, 0.15) is 5.01 Å². The molecule has 3 heterocycles. The van der Waals surface area contributed by atoms with E-state index in [0.29, 0.717) is 5.13 Å². The lowest BCUT2D eigenvalue weighted by Gasteiger charge is -2.55. The number of aromatic nitrogens is 3. The summed E-state index contributed by atoms with van der Waals surface area (Å²) in [6.45, 7) is 0. The van der Waals surface area contributed by atoms with E-state index in [1.807, 2.05) is 12.1 Å². The van der Waals surface area contributed by atoms with Crippen LogP contribution in [0.5, 0.6) is 0 Å². The number of hydrogen-bond acceptors (Lipinski definition) is 6. The molecule has 1 saturated heterocycles. The quantitative estimate of drug-likeness (QED) is 0.790. The molecule has 31 heavy (non-hydrogen) atoms. The van der Waals surface area contributed by atoms with Crippen molar-refractivity contribution in [1.29, 1.82) is 0 Å². The van der Waals surface area contributed by atoms with E-state index in [4.69, 9.17) is 0 Å². The third-order valence-corrected chi connectivity index (χ3v) is 9.18. The van der Waals surface area contributed by atoms with Crippen molar-refractivity contribution in [2.45, 2.75) is 56.4 Å². The van der Waals surface area contributed by atoms with Gasteiger partial charge in [0, 0.05) is 31.3 Å². The molecule has 2 unspecified atom stereocenters. The molecule has 2 atom stereocenters. The van der Waals surface area contributed by atoms with Crippen LogP contribution in [0, 0.1) is 23.7 Å². The fourth-order valence-electron chi connectivity index (χ4n) is 7.17. The molecule has 4 aliphatic carbocycles. The summed E-state index contributed by atoms with van der Waals surface area (Å²) in [6.07, 6.45) is 11.5. The average Bonchev–Trinajstić information content (AvgIpc) is 3.33. The zero-order valence-electron chi connectivity index (χ0n) is 17.7. The van der Waals surface area contributed by atoms with E-state index in [1.165, 1.54) is 38.5 Å². The molecule has 5 aliphatic rings. The second kappa shape index (κ2) is 7.08. The summed E-state index contributed by atoms with van der Waals surface area (Å²) >= 11 is 1.54. The van der Waals surface area contributed by atoms with Crippen molar-refractivity contribution >= 4 is 28.3 Å². The lowest BCUT2D eigenvalue weighted by molar-refractivity contribution is -0.127. The van der Waals surface area contributed by atoms with Gasteiger partial charge in [-0.05, 0) is 67.9 Å². The first-order valence-corrected chi connectivity index (χ1v) is 12.1. The number of anilines is 1. The summed E-state index contributed by atoms with van der Waals surface area (Å²) in [5.74, 6) is 1.87. The molecule has 0 aromatic carbocycles. The zero-order valence-corrected chi connectivity index (χ0v) is 18.5. The summed E-state index contributed by atoms with van der Waals surface area (Å²) in [4.78, 5) is 31.4. The Morgan fingerprint density at radius 2 is 1.87 bits per heavy atom. The highest BCUT2D eigenvalue weighted by molar-refractivity contribution is 7.15. The van der Waals surface area contributed by atoms with E-state index in [-0.39, 0.29) is 29.7 Å². The van der Waals surface area contributed by atoms with Crippen LogP contribution in [-0.2, 0) is 15.0 Å². The van der Waals surface area contributed by atoms with Crippen LogP contribution in [0.25, 0.3) is 0 Å². The Bertz CT molecular complexity index is 987. The fourth-order valence-corrected chi connectivity index (χ4v) is 8.14. The third kappa shape index (κ3) is 3.18. The summed E-state index contributed by atoms with van der Waals surface area (Å²) in [6, 6.07) is 3.45. The van der Waals surface area contributed by atoms with Gasteiger partial charge < -0.3 is 10.2 Å². The highest BCUT2D eigenvalue weighted by atomic mass is 32.1. The maximum Gasteiger partial charge on any atom is 0.232 e. The first-order chi connectivity index (χ1) is 15.0. The zero-order chi connectivity index (χ0) is 21.2. The Morgan fingerprint density at radius 1 is 1.16 bits per heavy atom. The summed E-state index contributed by atoms with van der Waals surface area (Å²) in [7, 11) is 1.75. The molecule has 2 aromatic heterocycles. The predicted octanol–water partition coefficient (Wildman–Crippen LogP) is 3.56. The molecule has 7 rings (SSSR count). The van der Waals surface area contributed by atoms with Crippen molar-refractivity contribution in [1.82, 2.24) is 20.1 Å². The van der Waals surface area contributed by atoms with Crippen molar-refractivity contribution in [3.63, 3.8) is 0 Å². The number of carbonyl (C=O) groups excluding carboxylic acids is 2. The standard InChI is InChI=1S/C23H27N5O2S/c1-28-18(29)8-17(19(28)16-3-2-4-24-12-16)20(30)25-22-27-26-21(31-22)23-9-13-5-14(10-23)7-15(6-13)11-23/h2-4,12-15,17,19H,5-11H2,1H3,(H,25,27,30). The van der Waals surface area contributed by atoms with Crippen LogP contribution < -0.4 is 5.32 Å². The number of amides is 2.